The Hall–Kier alpha value is -6.40. The van der Waals surface area contributed by atoms with E-state index in [2.05, 4.69) is 185 Å². The first-order chi connectivity index (χ1) is 26.8. The number of hydrogen-bond acceptors (Lipinski definition) is 6. The van der Waals surface area contributed by atoms with Crippen LogP contribution in [0.4, 0.5) is 0 Å². The van der Waals surface area contributed by atoms with Crippen LogP contribution in [0.25, 0.3) is 79.2 Å². The van der Waals surface area contributed by atoms with Crippen molar-refractivity contribution in [3.63, 3.8) is 0 Å². The highest BCUT2D eigenvalue weighted by molar-refractivity contribution is 5.93. The van der Waals surface area contributed by atoms with Crippen LogP contribution in [0, 0.1) is 13.8 Å². The highest BCUT2D eigenvalue weighted by atomic mass is 16.4. The fourth-order valence-electron chi connectivity index (χ4n) is 7.24. The average Bonchev–Trinajstić information content (AvgIpc) is 3.89. The SMILES string of the molecule is Cc1cc(-c2nnc(-c3ccc(C(C)(C)C)cc3)o2)ccc1-c1ccccc1-c1ccccc1-c1ccc(-c2nnc(-c3ccc(C(C)(C)C)cc3)o2)cc1C. The monoisotopic (exact) mass is 734 g/mol. The van der Waals surface area contributed by atoms with Gasteiger partial charge in [0.15, 0.2) is 0 Å². The molecule has 0 aliphatic heterocycles. The third kappa shape index (κ3) is 7.23. The van der Waals surface area contributed by atoms with Crippen LogP contribution in [-0.2, 0) is 10.8 Å². The second-order valence-corrected chi connectivity index (χ2v) is 16.6. The van der Waals surface area contributed by atoms with Gasteiger partial charge in [0.2, 0.25) is 23.6 Å². The van der Waals surface area contributed by atoms with Crippen molar-refractivity contribution < 1.29 is 8.83 Å². The van der Waals surface area contributed by atoms with Gasteiger partial charge in [0.1, 0.15) is 0 Å². The summed E-state index contributed by atoms with van der Waals surface area (Å²) in [6.45, 7) is 17.5. The molecule has 0 radical (unpaired) electrons. The number of aryl methyl sites for hydroxylation is 2. The minimum Gasteiger partial charge on any atom is -0.416 e. The van der Waals surface area contributed by atoms with Crippen molar-refractivity contribution in [1.29, 1.82) is 0 Å². The third-order valence-electron chi connectivity index (χ3n) is 10.5. The van der Waals surface area contributed by atoms with Crippen LogP contribution in [0.1, 0.15) is 63.8 Å². The average molecular weight is 735 g/mol. The van der Waals surface area contributed by atoms with E-state index in [-0.39, 0.29) is 10.8 Å². The maximum atomic E-state index is 6.19. The van der Waals surface area contributed by atoms with Gasteiger partial charge in [-0.1, -0.05) is 126 Å². The van der Waals surface area contributed by atoms with Gasteiger partial charge in [-0.25, -0.2) is 0 Å². The van der Waals surface area contributed by atoms with Gasteiger partial charge in [-0.3, -0.25) is 0 Å². The molecule has 0 fully saturated rings. The molecule has 8 aromatic rings. The van der Waals surface area contributed by atoms with Crippen molar-refractivity contribution in [1.82, 2.24) is 20.4 Å². The minimum absolute atomic E-state index is 0.0752. The van der Waals surface area contributed by atoms with E-state index >= 15 is 0 Å². The van der Waals surface area contributed by atoms with Crippen molar-refractivity contribution in [2.45, 2.75) is 66.2 Å². The first kappa shape index (κ1) is 36.6. The maximum absolute atomic E-state index is 6.19. The molecule has 8 rings (SSSR count). The Bertz CT molecular complexity index is 2480. The van der Waals surface area contributed by atoms with Crippen LogP contribution >= 0.6 is 0 Å². The fourth-order valence-corrected chi connectivity index (χ4v) is 7.24. The van der Waals surface area contributed by atoms with E-state index in [1.54, 1.807) is 0 Å². The predicted molar refractivity (Wildman–Crippen MR) is 227 cm³/mol. The molecule has 0 saturated carbocycles. The van der Waals surface area contributed by atoms with Crippen LogP contribution in [0.3, 0.4) is 0 Å². The molecule has 278 valence electrons. The van der Waals surface area contributed by atoms with Crippen LogP contribution in [0.2, 0.25) is 0 Å². The summed E-state index contributed by atoms with van der Waals surface area (Å²) in [5.41, 5.74) is 15.4. The van der Waals surface area contributed by atoms with Gasteiger partial charge >= 0.3 is 0 Å². The van der Waals surface area contributed by atoms with Gasteiger partial charge in [0.25, 0.3) is 0 Å². The highest BCUT2D eigenvalue weighted by Crippen LogP contribution is 2.41. The zero-order valence-corrected chi connectivity index (χ0v) is 33.3. The highest BCUT2D eigenvalue weighted by Gasteiger charge is 2.20. The number of rotatable bonds is 7. The molecular formula is C50H46N4O2. The normalized spacial score (nSPS) is 11.9. The van der Waals surface area contributed by atoms with E-state index in [1.807, 2.05) is 24.3 Å². The Balaban J connectivity index is 1.07. The lowest BCUT2D eigenvalue weighted by molar-refractivity contribution is 0.582. The summed E-state index contributed by atoms with van der Waals surface area (Å²) in [4.78, 5) is 0. The summed E-state index contributed by atoms with van der Waals surface area (Å²) in [5, 5.41) is 17.6. The second-order valence-electron chi connectivity index (χ2n) is 16.6. The van der Waals surface area contributed by atoms with Crippen molar-refractivity contribution in [2.24, 2.45) is 0 Å². The smallest absolute Gasteiger partial charge is 0.248 e. The molecule has 2 aromatic heterocycles. The second kappa shape index (κ2) is 14.3. The van der Waals surface area contributed by atoms with Crippen LogP contribution < -0.4 is 0 Å². The summed E-state index contributed by atoms with van der Waals surface area (Å²) in [6, 6.07) is 46.6. The van der Waals surface area contributed by atoms with Gasteiger partial charge in [-0.2, -0.15) is 0 Å². The van der Waals surface area contributed by atoms with Gasteiger partial charge in [-0.05, 0) is 129 Å². The molecule has 2 heterocycles. The number of benzene rings is 6. The predicted octanol–water partition coefficient (Wildman–Crippen LogP) is 13.3. The molecule has 0 saturated heterocycles. The first-order valence-corrected chi connectivity index (χ1v) is 19.1. The zero-order valence-electron chi connectivity index (χ0n) is 33.3. The maximum Gasteiger partial charge on any atom is 0.248 e. The van der Waals surface area contributed by atoms with Crippen molar-refractivity contribution in [2.75, 3.05) is 0 Å². The molecule has 56 heavy (non-hydrogen) atoms. The van der Waals surface area contributed by atoms with Gasteiger partial charge in [0, 0.05) is 22.3 Å². The first-order valence-electron chi connectivity index (χ1n) is 19.1. The number of nitrogens with zero attached hydrogens (tertiary/aromatic N) is 4. The Labute approximate surface area is 329 Å². The van der Waals surface area contributed by atoms with E-state index in [1.165, 1.54) is 11.1 Å². The standard InChI is InChI=1S/C50H46N4O2/c1-31-29-35(47-53-51-45(55-47)33-17-23-37(24-18-33)49(3,4)5)21-27-39(31)41-13-9-11-15-43(41)44-16-12-10-14-42(44)40-28-22-36(30-32(40)2)48-54-52-46(56-48)34-19-25-38(26-20-34)50(6,7)8/h9-30H,1-8H3. The number of aromatic nitrogens is 4. The van der Waals surface area contributed by atoms with Crippen LogP contribution in [0.15, 0.2) is 142 Å². The molecule has 0 atom stereocenters. The van der Waals surface area contributed by atoms with Gasteiger partial charge < -0.3 is 8.83 Å². The minimum atomic E-state index is 0.0752. The van der Waals surface area contributed by atoms with Crippen molar-refractivity contribution >= 4 is 0 Å². The summed E-state index contributed by atoms with van der Waals surface area (Å²) in [5.74, 6) is 2.02. The van der Waals surface area contributed by atoms with Crippen LogP contribution in [-0.4, -0.2) is 20.4 Å². The van der Waals surface area contributed by atoms with Crippen LogP contribution in [0.5, 0.6) is 0 Å². The molecule has 0 aliphatic carbocycles. The summed E-state index contributed by atoms with van der Waals surface area (Å²) >= 11 is 0. The lowest BCUT2D eigenvalue weighted by Gasteiger charge is -2.18. The Kier molecular flexibility index (Phi) is 9.37. The quantitative estimate of drug-likeness (QED) is 0.162. The Morgan fingerprint density at radius 3 is 0.929 bits per heavy atom. The van der Waals surface area contributed by atoms with E-state index in [0.29, 0.717) is 23.6 Å². The third-order valence-corrected chi connectivity index (χ3v) is 10.5. The molecule has 0 amide bonds. The molecule has 0 unspecified atom stereocenters. The molecule has 0 spiro atoms. The topological polar surface area (TPSA) is 77.8 Å². The van der Waals surface area contributed by atoms with Crippen molar-refractivity contribution in [3.8, 4) is 79.2 Å². The number of hydrogen-bond donors (Lipinski definition) is 0. The zero-order chi connectivity index (χ0) is 39.2. The molecule has 6 heteroatoms. The Morgan fingerprint density at radius 2 is 0.625 bits per heavy atom. The molecule has 6 nitrogen and oxygen atoms in total. The van der Waals surface area contributed by atoms with E-state index < -0.39 is 0 Å². The molecule has 0 N–H and O–H groups in total. The van der Waals surface area contributed by atoms with E-state index in [0.717, 1.165) is 66.8 Å². The Morgan fingerprint density at radius 1 is 0.339 bits per heavy atom. The summed E-state index contributed by atoms with van der Waals surface area (Å²) < 4.78 is 12.4. The van der Waals surface area contributed by atoms with E-state index in [4.69, 9.17) is 8.83 Å². The van der Waals surface area contributed by atoms with Crippen molar-refractivity contribution in [3.05, 3.63) is 156 Å². The van der Waals surface area contributed by atoms with E-state index in [9.17, 15) is 0 Å². The summed E-state index contributed by atoms with van der Waals surface area (Å²) in [6.07, 6.45) is 0. The molecule has 0 aliphatic rings. The fraction of sp³-hybridized carbons (Fsp3) is 0.200. The lowest BCUT2D eigenvalue weighted by Crippen LogP contribution is -2.10. The largest absolute Gasteiger partial charge is 0.416 e. The lowest BCUT2D eigenvalue weighted by atomic mass is 9.86. The summed E-state index contributed by atoms with van der Waals surface area (Å²) in [7, 11) is 0. The van der Waals surface area contributed by atoms with Gasteiger partial charge in [0.05, 0.1) is 0 Å². The molecule has 0 bridgehead atoms. The van der Waals surface area contributed by atoms with Gasteiger partial charge in [-0.15, -0.1) is 20.4 Å². The molecular weight excluding hydrogens is 689 g/mol. The molecule has 6 aromatic carbocycles.